The minimum absolute atomic E-state index is 0.0207. The van der Waals surface area contributed by atoms with Gasteiger partial charge in [-0.3, -0.25) is 4.79 Å². The van der Waals surface area contributed by atoms with Crippen molar-refractivity contribution in [2.24, 2.45) is 5.92 Å². The van der Waals surface area contributed by atoms with Crippen molar-refractivity contribution in [1.29, 1.82) is 0 Å². The number of likely N-dealkylation sites (tertiary alicyclic amines) is 1. The maximum absolute atomic E-state index is 13.0. The second-order valence-corrected chi connectivity index (χ2v) is 7.29. The lowest BCUT2D eigenvalue weighted by Crippen LogP contribution is -2.42. The highest BCUT2D eigenvalue weighted by atomic mass is 16.2. The fourth-order valence-electron chi connectivity index (χ4n) is 3.58. The molecule has 28 heavy (non-hydrogen) atoms. The number of piperidine rings is 1. The molecule has 2 aromatic rings. The van der Waals surface area contributed by atoms with Crippen LogP contribution in [-0.4, -0.2) is 43.5 Å². The number of hydrogen-bond donors (Lipinski definition) is 3. The molecule has 3 amide bonds. The van der Waals surface area contributed by atoms with E-state index in [1.54, 1.807) is 6.07 Å². The number of amides is 3. The molecule has 0 aromatic heterocycles. The second kappa shape index (κ2) is 9.37. The molecule has 0 bridgehead atoms. The average Bonchev–Trinajstić information content (AvgIpc) is 2.70. The largest absolute Gasteiger partial charge is 0.338 e. The highest BCUT2D eigenvalue weighted by molar-refractivity contribution is 6.02. The van der Waals surface area contributed by atoms with E-state index in [0.717, 1.165) is 38.0 Å². The molecule has 0 aliphatic carbocycles. The molecule has 0 spiro atoms. The molecule has 6 heteroatoms. The lowest BCUT2D eigenvalue weighted by Gasteiger charge is -2.33. The first kappa shape index (κ1) is 19.9. The van der Waals surface area contributed by atoms with Gasteiger partial charge in [-0.25, -0.2) is 4.79 Å². The summed E-state index contributed by atoms with van der Waals surface area (Å²) in [6, 6.07) is 14.4. The Balaban J connectivity index is 1.68. The van der Waals surface area contributed by atoms with Crippen molar-refractivity contribution in [2.45, 2.75) is 19.8 Å². The fraction of sp³-hybridized carbons (Fsp3) is 0.364. The summed E-state index contributed by atoms with van der Waals surface area (Å²) in [6.45, 7) is 4.38. The molecule has 3 N–H and O–H groups in total. The fourth-order valence-corrected chi connectivity index (χ4v) is 3.58. The minimum atomic E-state index is -0.328. The van der Waals surface area contributed by atoms with Crippen LogP contribution in [0.4, 0.5) is 16.2 Å². The summed E-state index contributed by atoms with van der Waals surface area (Å²) < 4.78 is 0. The van der Waals surface area contributed by atoms with Gasteiger partial charge in [0.2, 0.25) is 0 Å². The molecule has 1 aliphatic rings. The van der Waals surface area contributed by atoms with Crippen LogP contribution in [0.3, 0.4) is 0 Å². The molecule has 1 atom stereocenters. The van der Waals surface area contributed by atoms with Crippen LogP contribution in [-0.2, 0) is 0 Å². The normalized spacial score (nSPS) is 16.5. The maximum Gasteiger partial charge on any atom is 0.323 e. The van der Waals surface area contributed by atoms with E-state index >= 15 is 0 Å². The topological polar surface area (TPSA) is 73.5 Å². The van der Waals surface area contributed by atoms with Gasteiger partial charge in [0.25, 0.3) is 5.91 Å². The van der Waals surface area contributed by atoms with Crippen molar-refractivity contribution in [3.8, 4) is 0 Å². The van der Waals surface area contributed by atoms with Crippen molar-refractivity contribution >= 4 is 23.3 Å². The molecule has 6 nitrogen and oxygen atoms in total. The van der Waals surface area contributed by atoms with Gasteiger partial charge in [0, 0.05) is 30.0 Å². The Morgan fingerprint density at radius 3 is 2.64 bits per heavy atom. The maximum atomic E-state index is 13.0. The molecular formula is C22H28N4O2. The van der Waals surface area contributed by atoms with Crippen LogP contribution in [0.2, 0.25) is 0 Å². The van der Waals surface area contributed by atoms with Gasteiger partial charge < -0.3 is 20.9 Å². The molecule has 1 saturated heterocycles. The number of urea groups is 1. The van der Waals surface area contributed by atoms with Crippen LogP contribution >= 0.6 is 0 Å². The third-order valence-electron chi connectivity index (χ3n) is 5.06. The minimum Gasteiger partial charge on any atom is -0.338 e. The molecule has 1 fully saturated rings. The van der Waals surface area contributed by atoms with Crippen molar-refractivity contribution in [1.82, 2.24) is 10.2 Å². The summed E-state index contributed by atoms with van der Waals surface area (Å²) in [6.07, 6.45) is 2.17. The average molecular weight is 380 g/mol. The van der Waals surface area contributed by atoms with Gasteiger partial charge >= 0.3 is 6.03 Å². The number of aryl methyl sites for hydroxylation is 1. The van der Waals surface area contributed by atoms with Crippen molar-refractivity contribution in [3.05, 3.63) is 59.7 Å². The molecular weight excluding hydrogens is 352 g/mol. The van der Waals surface area contributed by atoms with Gasteiger partial charge in [-0.1, -0.05) is 24.3 Å². The van der Waals surface area contributed by atoms with Gasteiger partial charge in [-0.05, 0) is 69.1 Å². The summed E-state index contributed by atoms with van der Waals surface area (Å²) in [5, 5.41) is 8.85. The van der Waals surface area contributed by atoms with Crippen molar-refractivity contribution in [2.75, 3.05) is 37.3 Å². The Kier molecular flexibility index (Phi) is 6.66. The predicted octanol–water partition coefficient (Wildman–Crippen LogP) is 3.71. The number of para-hydroxylation sites is 1. The van der Waals surface area contributed by atoms with Gasteiger partial charge in [-0.2, -0.15) is 0 Å². The molecule has 148 valence electrons. The third-order valence-corrected chi connectivity index (χ3v) is 5.06. The zero-order chi connectivity index (χ0) is 19.9. The van der Waals surface area contributed by atoms with E-state index in [1.165, 1.54) is 0 Å². The van der Waals surface area contributed by atoms with E-state index in [2.05, 4.69) is 16.0 Å². The number of hydrogen-bond acceptors (Lipinski definition) is 3. The first-order valence-electron chi connectivity index (χ1n) is 9.74. The summed E-state index contributed by atoms with van der Waals surface area (Å²) in [4.78, 5) is 27.2. The van der Waals surface area contributed by atoms with E-state index in [0.29, 0.717) is 22.9 Å². The van der Waals surface area contributed by atoms with E-state index < -0.39 is 0 Å². The Bertz CT molecular complexity index is 821. The zero-order valence-electron chi connectivity index (χ0n) is 16.5. The molecule has 1 aliphatic heterocycles. The quantitative estimate of drug-likeness (QED) is 0.740. The Labute approximate surface area is 166 Å². The third kappa shape index (κ3) is 5.10. The molecule has 0 radical (unpaired) electrons. The summed E-state index contributed by atoms with van der Waals surface area (Å²) in [5.74, 6) is 0.509. The number of carbonyl (C=O) groups excluding carboxylic acids is 2. The van der Waals surface area contributed by atoms with Crippen molar-refractivity contribution < 1.29 is 9.59 Å². The van der Waals surface area contributed by atoms with Crippen molar-refractivity contribution in [3.63, 3.8) is 0 Å². The lowest BCUT2D eigenvalue weighted by molar-refractivity contribution is 0.0674. The number of nitrogens with one attached hydrogen (secondary N) is 3. The SMILES string of the molecule is CNCC1CCCN(C(=O)c2ccc(C)c(NC(=O)Nc3ccccc3)c2)C1. The van der Waals surface area contributed by atoms with Gasteiger partial charge in [0.1, 0.15) is 0 Å². The summed E-state index contributed by atoms with van der Waals surface area (Å²) in [7, 11) is 1.94. The van der Waals surface area contributed by atoms with Crippen LogP contribution in [0.1, 0.15) is 28.8 Å². The van der Waals surface area contributed by atoms with Crippen LogP contribution in [0.25, 0.3) is 0 Å². The molecule has 3 rings (SSSR count). The second-order valence-electron chi connectivity index (χ2n) is 7.29. The first-order chi connectivity index (χ1) is 13.6. The van der Waals surface area contributed by atoms with Gasteiger partial charge in [-0.15, -0.1) is 0 Å². The highest BCUT2D eigenvalue weighted by Crippen LogP contribution is 2.22. The van der Waals surface area contributed by atoms with Crippen LogP contribution < -0.4 is 16.0 Å². The Hall–Kier alpha value is -2.86. The summed E-state index contributed by atoms with van der Waals surface area (Å²) in [5.41, 5.74) is 2.87. The van der Waals surface area contributed by atoms with E-state index in [1.807, 2.05) is 61.3 Å². The van der Waals surface area contributed by atoms with Crippen LogP contribution in [0, 0.1) is 12.8 Å². The molecule has 1 heterocycles. The molecule has 2 aromatic carbocycles. The Morgan fingerprint density at radius 1 is 1.11 bits per heavy atom. The Morgan fingerprint density at radius 2 is 1.89 bits per heavy atom. The number of anilines is 2. The van der Waals surface area contributed by atoms with Crippen LogP contribution in [0.15, 0.2) is 48.5 Å². The van der Waals surface area contributed by atoms with E-state index in [9.17, 15) is 9.59 Å². The molecule has 0 saturated carbocycles. The molecule has 1 unspecified atom stereocenters. The first-order valence-corrected chi connectivity index (χ1v) is 9.74. The van der Waals surface area contributed by atoms with Gasteiger partial charge in [0.15, 0.2) is 0 Å². The van der Waals surface area contributed by atoms with E-state index in [4.69, 9.17) is 0 Å². The lowest BCUT2D eigenvalue weighted by atomic mass is 9.97. The smallest absolute Gasteiger partial charge is 0.323 e. The highest BCUT2D eigenvalue weighted by Gasteiger charge is 2.24. The van der Waals surface area contributed by atoms with E-state index in [-0.39, 0.29) is 11.9 Å². The predicted molar refractivity (Wildman–Crippen MR) is 113 cm³/mol. The summed E-state index contributed by atoms with van der Waals surface area (Å²) >= 11 is 0. The number of rotatable bonds is 5. The number of benzene rings is 2. The standard InChI is InChI=1S/C22H28N4O2/c1-16-10-11-18(21(27)26-12-6-7-17(15-26)14-23-2)13-20(16)25-22(28)24-19-8-4-3-5-9-19/h3-5,8-11,13,17,23H,6-7,12,14-15H2,1-2H3,(H2,24,25,28). The number of nitrogens with zero attached hydrogens (tertiary/aromatic N) is 1. The monoisotopic (exact) mass is 380 g/mol. The van der Waals surface area contributed by atoms with Gasteiger partial charge in [0.05, 0.1) is 0 Å². The van der Waals surface area contributed by atoms with Crippen LogP contribution in [0.5, 0.6) is 0 Å². The number of carbonyl (C=O) groups is 2. The zero-order valence-corrected chi connectivity index (χ0v) is 16.5.